The smallest absolute Gasteiger partial charge is 0.274 e. The van der Waals surface area contributed by atoms with Crippen molar-refractivity contribution in [2.24, 2.45) is 0 Å². The summed E-state index contributed by atoms with van der Waals surface area (Å²) >= 11 is 0. The molecule has 0 spiro atoms. The van der Waals surface area contributed by atoms with Crippen LogP contribution in [0.1, 0.15) is 10.5 Å². The lowest BCUT2D eigenvalue weighted by molar-refractivity contribution is -0.121. The Bertz CT molecular complexity index is 935. The Kier molecular flexibility index (Phi) is 4.60. The van der Waals surface area contributed by atoms with Gasteiger partial charge in [-0.1, -0.05) is 12.1 Å². The molecule has 0 atom stereocenters. The van der Waals surface area contributed by atoms with Crippen molar-refractivity contribution >= 4 is 28.4 Å². The maximum Gasteiger partial charge on any atom is 0.274 e. The summed E-state index contributed by atoms with van der Waals surface area (Å²) in [4.78, 5) is 28.2. The van der Waals surface area contributed by atoms with Gasteiger partial charge in [-0.3, -0.25) is 14.3 Å². The molecule has 0 bridgehead atoms. The highest BCUT2D eigenvalue weighted by Gasteiger charge is 2.14. The number of para-hydroxylation sites is 1. The van der Waals surface area contributed by atoms with Crippen LogP contribution in [0.2, 0.25) is 0 Å². The Balaban J connectivity index is 1.82. The number of amides is 2. The van der Waals surface area contributed by atoms with E-state index in [1.54, 1.807) is 26.4 Å². The van der Waals surface area contributed by atoms with Crippen LogP contribution >= 0.6 is 0 Å². The van der Waals surface area contributed by atoms with Crippen molar-refractivity contribution in [1.29, 1.82) is 0 Å². The second kappa shape index (κ2) is 7.00. The summed E-state index contributed by atoms with van der Waals surface area (Å²) in [6.45, 7) is 0.0778. The van der Waals surface area contributed by atoms with Crippen molar-refractivity contribution in [1.82, 2.24) is 20.1 Å². The second-order valence-electron chi connectivity index (χ2n) is 5.28. The molecule has 3 aromatic rings. The molecular weight excluding hydrogens is 322 g/mol. The zero-order valence-corrected chi connectivity index (χ0v) is 13.8. The zero-order valence-electron chi connectivity index (χ0n) is 13.8. The molecule has 3 rings (SSSR count). The number of nitrogens with one attached hydrogen (secondary N) is 2. The number of methoxy groups -OCH3 is 1. The van der Waals surface area contributed by atoms with Gasteiger partial charge in [-0.25, -0.2) is 4.98 Å². The third kappa shape index (κ3) is 3.57. The fourth-order valence-electron chi connectivity index (χ4n) is 2.36. The highest BCUT2D eigenvalue weighted by molar-refractivity contribution is 6.04. The number of anilines is 1. The van der Waals surface area contributed by atoms with Gasteiger partial charge in [0.15, 0.2) is 0 Å². The zero-order chi connectivity index (χ0) is 17.8. The van der Waals surface area contributed by atoms with Crippen molar-refractivity contribution in [3.05, 3.63) is 48.4 Å². The summed E-state index contributed by atoms with van der Waals surface area (Å²) < 4.78 is 6.78. The monoisotopic (exact) mass is 339 g/mol. The lowest BCUT2D eigenvalue weighted by atomic mass is 10.1. The second-order valence-corrected chi connectivity index (χ2v) is 5.28. The number of nitrogens with zero attached hydrogens (tertiary/aromatic N) is 3. The molecule has 128 valence electrons. The molecule has 2 heterocycles. The van der Waals surface area contributed by atoms with Gasteiger partial charge in [0.05, 0.1) is 24.5 Å². The topological polar surface area (TPSA) is 98.1 Å². The standard InChI is InChI=1S/C17H17N5O3/c1-18-16(23)10-22-9-11(8-19-22)20-17(24)14-7-15(25-2)12-5-3-4-6-13(12)21-14/h3-9H,10H2,1-2H3,(H,18,23)(H,20,24). The Hall–Kier alpha value is -3.42. The van der Waals surface area contributed by atoms with Crippen molar-refractivity contribution in [2.45, 2.75) is 6.54 Å². The van der Waals surface area contributed by atoms with E-state index in [2.05, 4.69) is 20.7 Å². The maximum atomic E-state index is 12.5. The third-order valence-corrected chi connectivity index (χ3v) is 3.61. The minimum Gasteiger partial charge on any atom is -0.496 e. The fourth-order valence-corrected chi connectivity index (χ4v) is 2.36. The van der Waals surface area contributed by atoms with Gasteiger partial charge in [0, 0.05) is 24.7 Å². The number of ether oxygens (including phenoxy) is 1. The molecule has 0 aliphatic carbocycles. The van der Waals surface area contributed by atoms with Crippen molar-refractivity contribution in [3.8, 4) is 5.75 Å². The first-order chi connectivity index (χ1) is 12.1. The van der Waals surface area contributed by atoms with E-state index in [4.69, 9.17) is 4.74 Å². The number of pyridine rings is 1. The van der Waals surface area contributed by atoms with Crippen LogP contribution in [-0.4, -0.2) is 40.7 Å². The van der Waals surface area contributed by atoms with Crippen LogP contribution in [0.25, 0.3) is 10.9 Å². The van der Waals surface area contributed by atoms with Crippen molar-refractivity contribution < 1.29 is 14.3 Å². The summed E-state index contributed by atoms with van der Waals surface area (Å²) in [6, 6.07) is 9.01. The van der Waals surface area contributed by atoms with Crippen LogP contribution < -0.4 is 15.4 Å². The van der Waals surface area contributed by atoms with Crippen LogP contribution in [0.3, 0.4) is 0 Å². The molecular formula is C17H17N5O3. The predicted molar refractivity (Wildman–Crippen MR) is 92.5 cm³/mol. The van der Waals surface area contributed by atoms with Gasteiger partial charge in [-0.15, -0.1) is 0 Å². The first-order valence-electron chi connectivity index (χ1n) is 7.59. The van der Waals surface area contributed by atoms with Gasteiger partial charge in [-0.05, 0) is 12.1 Å². The largest absolute Gasteiger partial charge is 0.496 e. The minimum absolute atomic E-state index is 0.0778. The molecule has 0 radical (unpaired) electrons. The number of carbonyl (C=O) groups is 2. The Morgan fingerprint density at radius 3 is 2.84 bits per heavy atom. The van der Waals surface area contributed by atoms with E-state index in [1.165, 1.54) is 10.9 Å². The number of hydrogen-bond donors (Lipinski definition) is 2. The van der Waals surface area contributed by atoms with E-state index < -0.39 is 0 Å². The highest BCUT2D eigenvalue weighted by atomic mass is 16.5. The lowest BCUT2D eigenvalue weighted by Gasteiger charge is -2.08. The number of carbonyl (C=O) groups excluding carboxylic acids is 2. The number of hydrogen-bond acceptors (Lipinski definition) is 5. The van der Waals surface area contributed by atoms with E-state index in [0.717, 1.165) is 5.39 Å². The van der Waals surface area contributed by atoms with Gasteiger partial charge in [-0.2, -0.15) is 5.10 Å². The molecule has 25 heavy (non-hydrogen) atoms. The van der Waals surface area contributed by atoms with Crippen LogP contribution in [0.5, 0.6) is 5.75 Å². The highest BCUT2D eigenvalue weighted by Crippen LogP contribution is 2.25. The van der Waals surface area contributed by atoms with Crippen LogP contribution in [-0.2, 0) is 11.3 Å². The lowest BCUT2D eigenvalue weighted by Crippen LogP contribution is -2.23. The number of fused-ring (bicyclic) bond motifs is 1. The molecule has 2 aromatic heterocycles. The van der Waals surface area contributed by atoms with Crippen LogP contribution in [0, 0.1) is 0 Å². The van der Waals surface area contributed by atoms with Gasteiger partial charge < -0.3 is 15.4 Å². The Labute approximate surface area is 143 Å². The SMILES string of the molecule is CNC(=O)Cn1cc(NC(=O)c2cc(OC)c3ccccc3n2)cn1. The summed E-state index contributed by atoms with van der Waals surface area (Å²) in [5.74, 6) is 0.0107. The minimum atomic E-state index is -0.386. The van der Waals surface area contributed by atoms with Gasteiger partial charge >= 0.3 is 0 Å². The number of benzene rings is 1. The normalized spacial score (nSPS) is 10.5. The van der Waals surface area contributed by atoms with Crippen molar-refractivity contribution in [3.63, 3.8) is 0 Å². The number of rotatable bonds is 5. The average molecular weight is 339 g/mol. The van der Waals surface area contributed by atoms with E-state index in [-0.39, 0.29) is 24.1 Å². The molecule has 2 N–H and O–H groups in total. The Morgan fingerprint density at radius 1 is 1.28 bits per heavy atom. The number of aromatic nitrogens is 3. The van der Waals surface area contributed by atoms with E-state index >= 15 is 0 Å². The number of likely N-dealkylation sites (N-methyl/N-ethyl adjacent to an activating group) is 1. The first-order valence-corrected chi connectivity index (χ1v) is 7.59. The molecule has 1 aromatic carbocycles. The molecule has 0 aliphatic heterocycles. The summed E-state index contributed by atoms with van der Waals surface area (Å²) in [5.41, 5.74) is 1.37. The van der Waals surface area contributed by atoms with Gasteiger partial charge in [0.25, 0.3) is 5.91 Å². The van der Waals surface area contributed by atoms with E-state index in [0.29, 0.717) is 17.0 Å². The molecule has 0 aliphatic rings. The Morgan fingerprint density at radius 2 is 2.08 bits per heavy atom. The molecule has 0 saturated carbocycles. The van der Waals surface area contributed by atoms with E-state index in [1.807, 2.05) is 24.3 Å². The molecule has 8 heteroatoms. The molecule has 0 saturated heterocycles. The summed E-state index contributed by atoms with van der Waals surface area (Å²) in [6.07, 6.45) is 3.05. The van der Waals surface area contributed by atoms with E-state index in [9.17, 15) is 9.59 Å². The molecule has 8 nitrogen and oxygen atoms in total. The van der Waals surface area contributed by atoms with Gasteiger partial charge in [0.1, 0.15) is 18.0 Å². The average Bonchev–Trinajstić information content (AvgIpc) is 3.07. The third-order valence-electron chi connectivity index (χ3n) is 3.61. The van der Waals surface area contributed by atoms with Crippen LogP contribution in [0.15, 0.2) is 42.7 Å². The maximum absolute atomic E-state index is 12.5. The molecule has 0 unspecified atom stereocenters. The quantitative estimate of drug-likeness (QED) is 0.733. The molecule has 2 amide bonds. The summed E-state index contributed by atoms with van der Waals surface area (Å²) in [7, 11) is 3.10. The fraction of sp³-hybridized carbons (Fsp3) is 0.176. The first kappa shape index (κ1) is 16.4. The molecule has 0 fully saturated rings. The van der Waals surface area contributed by atoms with Crippen LogP contribution in [0.4, 0.5) is 5.69 Å². The summed E-state index contributed by atoms with van der Waals surface area (Å²) in [5, 5.41) is 10.1. The van der Waals surface area contributed by atoms with Gasteiger partial charge in [0.2, 0.25) is 5.91 Å². The van der Waals surface area contributed by atoms with Crippen molar-refractivity contribution in [2.75, 3.05) is 19.5 Å². The predicted octanol–water partition coefficient (Wildman–Crippen LogP) is 1.44.